The van der Waals surface area contributed by atoms with Gasteiger partial charge in [0, 0.05) is 37.6 Å². The Morgan fingerprint density at radius 2 is 1.93 bits per heavy atom. The molecule has 1 fully saturated rings. The van der Waals surface area contributed by atoms with Gasteiger partial charge in [-0.25, -0.2) is 8.78 Å². The number of carbonyl (C=O) groups is 1. The van der Waals surface area contributed by atoms with Crippen molar-refractivity contribution in [2.24, 2.45) is 0 Å². The number of halogens is 3. The highest BCUT2D eigenvalue weighted by Gasteiger charge is 2.30. The van der Waals surface area contributed by atoms with E-state index in [1.54, 1.807) is 30.0 Å². The fourth-order valence-electron chi connectivity index (χ4n) is 3.55. The molecule has 0 atom stereocenters. The van der Waals surface area contributed by atoms with Crippen LogP contribution in [0.5, 0.6) is 5.75 Å². The summed E-state index contributed by atoms with van der Waals surface area (Å²) in [5, 5.41) is 4.53. The quantitative estimate of drug-likeness (QED) is 0.564. The molecule has 2 aromatic carbocycles. The van der Waals surface area contributed by atoms with E-state index in [0.29, 0.717) is 53.5 Å². The fraction of sp³-hybridized carbons (Fsp3) is 0.273. The highest BCUT2D eigenvalue weighted by molar-refractivity contribution is 6.33. The Balaban J connectivity index is 1.46. The van der Waals surface area contributed by atoms with Crippen LogP contribution in [0, 0.1) is 18.6 Å². The molecule has 4 rings (SSSR count). The first-order chi connectivity index (χ1) is 14.4. The number of ether oxygens (including phenoxy) is 1. The summed E-state index contributed by atoms with van der Waals surface area (Å²) in [5.41, 5.74) is 1.42. The van der Waals surface area contributed by atoms with E-state index in [4.69, 9.17) is 20.9 Å². The molecule has 0 saturated carbocycles. The first-order valence-electron chi connectivity index (χ1n) is 9.56. The third-order valence-electron chi connectivity index (χ3n) is 5.12. The van der Waals surface area contributed by atoms with Crippen LogP contribution in [0.25, 0.3) is 11.3 Å². The summed E-state index contributed by atoms with van der Waals surface area (Å²) in [6.45, 7) is 2.55. The van der Waals surface area contributed by atoms with Crippen LogP contribution in [0.15, 0.2) is 47.0 Å². The van der Waals surface area contributed by atoms with Gasteiger partial charge >= 0.3 is 0 Å². The van der Waals surface area contributed by atoms with Crippen LogP contribution in [-0.4, -0.2) is 35.2 Å². The number of aryl methyl sites for hydroxylation is 1. The third-order valence-corrected chi connectivity index (χ3v) is 5.45. The van der Waals surface area contributed by atoms with Crippen LogP contribution >= 0.6 is 11.6 Å². The molecule has 1 saturated heterocycles. The number of likely N-dealkylation sites (tertiary alicyclic amines) is 1. The summed E-state index contributed by atoms with van der Waals surface area (Å²) >= 11 is 6.27. The lowest BCUT2D eigenvalue weighted by Gasteiger charge is -2.32. The molecule has 1 aliphatic heterocycles. The maximum absolute atomic E-state index is 13.8. The summed E-state index contributed by atoms with van der Waals surface area (Å²) in [6.07, 6.45) is 0.781. The minimum atomic E-state index is -0.738. The molecule has 8 heteroatoms. The van der Waals surface area contributed by atoms with Gasteiger partial charge in [0.1, 0.15) is 28.9 Å². The largest absolute Gasteiger partial charge is 0.487 e. The molecule has 30 heavy (non-hydrogen) atoms. The highest BCUT2D eigenvalue weighted by Crippen LogP contribution is 2.32. The molecule has 5 nitrogen and oxygen atoms in total. The number of rotatable bonds is 4. The van der Waals surface area contributed by atoms with E-state index in [1.807, 2.05) is 6.07 Å². The van der Waals surface area contributed by atoms with Gasteiger partial charge in [0.2, 0.25) is 0 Å². The van der Waals surface area contributed by atoms with Gasteiger partial charge in [0.25, 0.3) is 5.91 Å². The monoisotopic (exact) mass is 432 g/mol. The number of hydrogen-bond donors (Lipinski definition) is 0. The predicted molar refractivity (Wildman–Crippen MR) is 108 cm³/mol. The molecule has 0 aliphatic carbocycles. The normalized spacial score (nSPS) is 14.7. The average Bonchev–Trinajstić information content (AvgIpc) is 3.11. The molecule has 0 bridgehead atoms. The predicted octanol–water partition coefficient (Wildman–Crippen LogP) is 5.27. The molecular weight excluding hydrogens is 414 g/mol. The lowest BCUT2D eigenvalue weighted by molar-refractivity contribution is 0.0587. The molecule has 2 heterocycles. The van der Waals surface area contributed by atoms with E-state index >= 15 is 0 Å². The minimum absolute atomic E-state index is 0.0112. The number of aromatic nitrogens is 1. The highest BCUT2D eigenvalue weighted by atomic mass is 35.5. The Hall–Kier alpha value is -2.93. The lowest BCUT2D eigenvalue weighted by Crippen LogP contribution is -2.42. The van der Waals surface area contributed by atoms with E-state index in [1.165, 1.54) is 6.07 Å². The number of amides is 1. The van der Waals surface area contributed by atoms with Crippen molar-refractivity contribution in [3.63, 3.8) is 0 Å². The lowest BCUT2D eigenvalue weighted by atomic mass is 10.0. The summed E-state index contributed by atoms with van der Waals surface area (Å²) in [7, 11) is 0. The molecule has 0 spiro atoms. The molecule has 1 aromatic heterocycles. The number of benzene rings is 2. The second-order valence-corrected chi connectivity index (χ2v) is 7.53. The van der Waals surface area contributed by atoms with Crippen molar-refractivity contribution in [3.05, 3.63) is 70.4 Å². The summed E-state index contributed by atoms with van der Waals surface area (Å²) < 4.78 is 37.8. The van der Waals surface area contributed by atoms with Crippen molar-refractivity contribution >= 4 is 17.5 Å². The van der Waals surface area contributed by atoms with Crippen LogP contribution in [0.4, 0.5) is 8.78 Å². The SMILES string of the molecule is Cc1onc(-c2ccccc2Cl)c1C(=O)N1CCC(Oc2ccc(F)cc2F)CC1. The van der Waals surface area contributed by atoms with Crippen molar-refractivity contribution < 1.29 is 22.8 Å². The molecule has 1 aliphatic rings. The van der Waals surface area contributed by atoms with Crippen molar-refractivity contribution in [2.45, 2.75) is 25.9 Å². The summed E-state index contributed by atoms with van der Waals surface area (Å²) in [6, 6.07) is 10.4. The first-order valence-corrected chi connectivity index (χ1v) is 9.94. The van der Waals surface area contributed by atoms with Crippen molar-refractivity contribution in [2.75, 3.05) is 13.1 Å². The third kappa shape index (κ3) is 4.03. The number of hydrogen-bond acceptors (Lipinski definition) is 4. The van der Waals surface area contributed by atoms with E-state index in [-0.39, 0.29) is 17.8 Å². The fourth-order valence-corrected chi connectivity index (χ4v) is 3.77. The first kappa shape index (κ1) is 20.3. The smallest absolute Gasteiger partial charge is 0.259 e. The van der Waals surface area contributed by atoms with Crippen molar-refractivity contribution in [1.29, 1.82) is 0 Å². The van der Waals surface area contributed by atoms with Crippen LogP contribution in [-0.2, 0) is 0 Å². The number of piperidine rings is 1. The van der Waals surface area contributed by atoms with Crippen LogP contribution in [0.2, 0.25) is 5.02 Å². The molecule has 156 valence electrons. The van der Waals surface area contributed by atoms with E-state index in [9.17, 15) is 13.6 Å². The minimum Gasteiger partial charge on any atom is -0.487 e. The summed E-state index contributed by atoms with van der Waals surface area (Å²) in [4.78, 5) is 14.9. The zero-order valence-electron chi connectivity index (χ0n) is 16.2. The Morgan fingerprint density at radius 3 is 2.63 bits per heavy atom. The second-order valence-electron chi connectivity index (χ2n) is 7.13. The van der Waals surface area contributed by atoms with Gasteiger partial charge in [-0.1, -0.05) is 35.0 Å². The van der Waals surface area contributed by atoms with Crippen molar-refractivity contribution in [1.82, 2.24) is 10.1 Å². The Kier molecular flexibility index (Phi) is 5.72. The maximum Gasteiger partial charge on any atom is 0.259 e. The maximum atomic E-state index is 13.8. The molecule has 0 N–H and O–H groups in total. The van der Waals surface area contributed by atoms with Gasteiger partial charge in [0.05, 0.1) is 5.02 Å². The Morgan fingerprint density at radius 1 is 1.20 bits per heavy atom. The van der Waals surface area contributed by atoms with Crippen LogP contribution in [0.3, 0.4) is 0 Å². The summed E-state index contributed by atoms with van der Waals surface area (Å²) in [5.74, 6) is -1.16. The Bertz CT molecular complexity index is 1080. The standard InChI is InChI=1S/C22H19ClF2N2O3/c1-13-20(21(26-30-13)16-4-2-3-5-17(16)23)22(28)27-10-8-15(9-11-27)29-19-7-6-14(24)12-18(19)25/h2-7,12,15H,8-11H2,1H3. The van der Waals surface area contributed by atoms with E-state index in [2.05, 4.69) is 5.16 Å². The number of nitrogens with zero attached hydrogens (tertiary/aromatic N) is 2. The topological polar surface area (TPSA) is 55.6 Å². The molecule has 3 aromatic rings. The average molecular weight is 433 g/mol. The second kappa shape index (κ2) is 8.44. The van der Waals surface area contributed by atoms with Gasteiger partial charge in [-0.3, -0.25) is 4.79 Å². The number of carbonyl (C=O) groups excluding carboxylic acids is 1. The molecule has 0 radical (unpaired) electrons. The van der Waals surface area contributed by atoms with E-state index in [0.717, 1.165) is 12.1 Å². The van der Waals surface area contributed by atoms with Gasteiger partial charge in [-0.2, -0.15) is 0 Å². The Labute approximate surface area is 177 Å². The van der Waals surface area contributed by atoms with Gasteiger partial charge in [-0.15, -0.1) is 0 Å². The van der Waals surface area contributed by atoms with Gasteiger partial charge < -0.3 is 14.2 Å². The van der Waals surface area contributed by atoms with Gasteiger partial charge in [0.15, 0.2) is 11.6 Å². The zero-order valence-corrected chi connectivity index (χ0v) is 17.0. The van der Waals surface area contributed by atoms with Crippen LogP contribution < -0.4 is 4.74 Å². The molecule has 1 amide bonds. The van der Waals surface area contributed by atoms with Crippen LogP contribution in [0.1, 0.15) is 29.0 Å². The van der Waals surface area contributed by atoms with Crippen molar-refractivity contribution in [3.8, 4) is 17.0 Å². The van der Waals surface area contributed by atoms with E-state index < -0.39 is 11.6 Å². The zero-order chi connectivity index (χ0) is 21.3. The molecular formula is C22H19ClF2N2O3. The molecule has 0 unspecified atom stereocenters. The van der Waals surface area contributed by atoms with Gasteiger partial charge in [-0.05, 0) is 25.1 Å².